The maximum atomic E-state index is 12.6. The molecule has 0 aromatic rings. The maximum Gasteiger partial charge on any atom is 0.306 e. The van der Waals surface area contributed by atoms with Gasteiger partial charge in [0.25, 0.3) is 0 Å². The Hall–Kier alpha value is -2.63. The van der Waals surface area contributed by atoms with Gasteiger partial charge in [-0.05, 0) is 70.6 Å². The number of allylic oxidation sites excluding steroid dienone is 8. The normalized spacial score (nSPS) is 12.4. The van der Waals surface area contributed by atoms with E-state index in [9.17, 15) is 14.4 Å². The third-order valence-electron chi connectivity index (χ3n) is 9.32. The first-order valence-corrected chi connectivity index (χ1v) is 22.1. The lowest BCUT2D eigenvalue weighted by molar-refractivity contribution is -0.167. The summed E-state index contributed by atoms with van der Waals surface area (Å²) < 4.78 is 16.6. The summed E-state index contributed by atoms with van der Waals surface area (Å²) in [5.74, 6) is -0.914. The van der Waals surface area contributed by atoms with Crippen LogP contribution in [-0.4, -0.2) is 37.2 Å². The van der Waals surface area contributed by atoms with E-state index in [0.29, 0.717) is 19.3 Å². The second-order valence-corrected chi connectivity index (χ2v) is 14.6. The molecule has 0 saturated heterocycles. The predicted octanol–water partition coefficient (Wildman–Crippen LogP) is 14.0. The highest BCUT2D eigenvalue weighted by molar-refractivity contribution is 5.71. The lowest BCUT2D eigenvalue weighted by Gasteiger charge is -2.18. The maximum absolute atomic E-state index is 12.6. The molecule has 1 unspecified atom stereocenters. The van der Waals surface area contributed by atoms with E-state index in [1.54, 1.807) is 0 Å². The first-order chi connectivity index (χ1) is 26.0. The van der Waals surface area contributed by atoms with E-state index in [4.69, 9.17) is 14.2 Å². The van der Waals surface area contributed by atoms with Crippen LogP contribution in [0, 0.1) is 0 Å². The fraction of sp³-hybridized carbons (Fsp3) is 0.766. The molecule has 6 heteroatoms. The number of unbranched alkanes of at least 4 members (excludes halogenated alkanes) is 20. The van der Waals surface area contributed by atoms with Crippen molar-refractivity contribution in [1.82, 2.24) is 0 Å². The van der Waals surface area contributed by atoms with Gasteiger partial charge in [0, 0.05) is 19.3 Å². The van der Waals surface area contributed by atoms with E-state index in [1.807, 2.05) is 0 Å². The van der Waals surface area contributed by atoms with E-state index in [-0.39, 0.29) is 31.1 Å². The third kappa shape index (κ3) is 40.4. The quantitative estimate of drug-likeness (QED) is 0.0270. The second kappa shape index (κ2) is 42.1. The molecule has 53 heavy (non-hydrogen) atoms. The van der Waals surface area contributed by atoms with Crippen LogP contribution < -0.4 is 0 Å². The van der Waals surface area contributed by atoms with Crippen LogP contribution in [0.2, 0.25) is 0 Å². The smallest absolute Gasteiger partial charge is 0.306 e. The zero-order valence-electron chi connectivity index (χ0n) is 34.8. The Kier molecular flexibility index (Phi) is 40.0. The molecule has 0 aliphatic heterocycles. The van der Waals surface area contributed by atoms with Crippen LogP contribution in [-0.2, 0) is 28.6 Å². The van der Waals surface area contributed by atoms with Gasteiger partial charge < -0.3 is 14.2 Å². The molecule has 0 radical (unpaired) electrons. The minimum absolute atomic E-state index is 0.0812. The van der Waals surface area contributed by atoms with Crippen LogP contribution in [0.3, 0.4) is 0 Å². The fourth-order valence-corrected chi connectivity index (χ4v) is 5.97. The number of hydrogen-bond acceptors (Lipinski definition) is 6. The largest absolute Gasteiger partial charge is 0.462 e. The van der Waals surface area contributed by atoms with Crippen LogP contribution >= 0.6 is 0 Å². The number of carbonyl (C=O) groups excluding carboxylic acids is 3. The summed E-state index contributed by atoms with van der Waals surface area (Å²) in [7, 11) is 0. The van der Waals surface area contributed by atoms with Crippen molar-refractivity contribution in [2.75, 3.05) is 13.2 Å². The summed E-state index contributed by atoms with van der Waals surface area (Å²) in [6.45, 7) is 6.43. The Bertz CT molecular complexity index is 949. The molecule has 6 nitrogen and oxygen atoms in total. The zero-order chi connectivity index (χ0) is 38.7. The third-order valence-corrected chi connectivity index (χ3v) is 9.32. The van der Waals surface area contributed by atoms with Gasteiger partial charge >= 0.3 is 17.9 Å². The lowest BCUT2D eigenvalue weighted by atomic mass is 10.1. The molecule has 0 bridgehead atoms. The molecule has 0 rings (SSSR count). The summed E-state index contributed by atoms with van der Waals surface area (Å²) in [5, 5.41) is 0. The molecular weight excluding hydrogens is 661 g/mol. The molecule has 0 aromatic carbocycles. The number of ether oxygens (including phenoxy) is 3. The molecule has 0 N–H and O–H groups in total. The van der Waals surface area contributed by atoms with E-state index >= 15 is 0 Å². The van der Waals surface area contributed by atoms with Gasteiger partial charge in [0.15, 0.2) is 6.10 Å². The summed E-state index contributed by atoms with van der Waals surface area (Å²) in [6, 6.07) is 0. The highest BCUT2D eigenvalue weighted by Crippen LogP contribution is 2.13. The summed E-state index contributed by atoms with van der Waals surface area (Å²) >= 11 is 0. The van der Waals surface area contributed by atoms with E-state index < -0.39 is 6.10 Å². The number of esters is 3. The SMILES string of the molecule is CC/C=C\C/C=C\C/C=C\CCCCCCCCC(=O)OCC(COC(=O)CCCCCCCCCCC)OC(=O)CCCCCC/C=C\CCCC. The molecule has 0 aliphatic carbocycles. The average Bonchev–Trinajstić information content (AvgIpc) is 3.15. The lowest BCUT2D eigenvalue weighted by Crippen LogP contribution is -2.30. The molecule has 0 spiro atoms. The predicted molar refractivity (Wildman–Crippen MR) is 224 cm³/mol. The second-order valence-electron chi connectivity index (χ2n) is 14.6. The monoisotopic (exact) mass is 743 g/mol. The summed E-state index contributed by atoms with van der Waals surface area (Å²) in [6.07, 6.45) is 48.1. The molecule has 0 amide bonds. The van der Waals surface area contributed by atoms with Crippen molar-refractivity contribution < 1.29 is 28.6 Å². The first-order valence-electron chi connectivity index (χ1n) is 22.1. The molecule has 0 aromatic heterocycles. The first kappa shape index (κ1) is 50.4. The topological polar surface area (TPSA) is 78.9 Å². The van der Waals surface area contributed by atoms with Gasteiger partial charge in [-0.2, -0.15) is 0 Å². The number of rotatable bonds is 39. The summed E-state index contributed by atoms with van der Waals surface area (Å²) in [4.78, 5) is 37.6. The molecular formula is C47H82O6. The van der Waals surface area contributed by atoms with Crippen molar-refractivity contribution in [3.8, 4) is 0 Å². The van der Waals surface area contributed by atoms with Crippen LogP contribution in [0.5, 0.6) is 0 Å². The van der Waals surface area contributed by atoms with Crippen molar-refractivity contribution in [2.45, 2.75) is 219 Å². The van der Waals surface area contributed by atoms with Gasteiger partial charge in [-0.3, -0.25) is 14.4 Å². The fourth-order valence-electron chi connectivity index (χ4n) is 5.97. The van der Waals surface area contributed by atoms with E-state index in [1.165, 1.54) is 70.6 Å². The Balaban J connectivity index is 4.35. The van der Waals surface area contributed by atoms with Gasteiger partial charge in [-0.1, -0.05) is 172 Å². The highest BCUT2D eigenvalue weighted by atomic mass is 16.6. The molecule has 0 fully saturated rings. The van der Waals surface area contributed by atoms with Gasteiger partial charge in [0.1, 0.15) is 13.2 Å². The standard InChI is InChI=1S/C47H82O6/c1-4-7-10-13-16-19-21-22-23-24-25-26-29-31-34-37-40-46(49)52-43-44(42-51-45(48)39-36-33-30-27-18-15-12-9-6-3)53-47(50)41-38-35-32-28-20-17-14-11-8-5-2/h7,10,14,16-17,19,22-23,44H,4-6,8-9,11-13,15,18,20-21,24-43H2,1-3H3/b10-7-,17-14-,19-16-,23-22-. The van der Waals surface area contributed by atoms with Crippen molar-refractivity contribution in [3.05, 3.63) is 48.6 Å². The summed E-state index contributed by atoms with van der Waals surface area (Å²) in [5.41, 5.74) is 0. The van der Waals surface area contributed by atoms with Gasteiger partial charge in [0.2, 0.25) is 0 Å². The van der Waals surface area contributed by atoms with Crippen LogP contribution in [0.25, 0.3) is 0 Å². The number of carbonyl (C=O) groups is 3. The average molecular weight is 743 g/mol. The van der Waals surface area contributed by atoms with Crippen LogP contribution in [0.4, 0.5) is 0 Å². The van der Waals surface area contributed by atoms with Crippen LogP contribution in [0.1, 0.15) is 213 Å². The molecule has 306 valence electrons. The highest BCUT2D eigenvalue weighted by Gasteiger charge is 2.19. The van der Waals surface area contributed by atoms with E-state index in [0.717, 1.165) is 103 Å². The molecule has 0 aliphatic rings. The zero-order valence-corrected chi connectivity index (χ0v) is 34.8. The van der Waals surface area contributed by atoms with Gasteiger partial charge in [0.05, 0.1) is 0 Å². The Morgan fingerprint density at radius 1 is 0.396 bits per heavy atom. The van der Waals surface area contributed by atoms with Crippen LogP contribution in [0.15, 0.2) is 48.6 Å². The van der Waals surface area contributed by atoms with Crippen molar-refractivity contribution in [2.24, 2.45) is 0 Å². The Labute approximate surface area is 327 Å². The van der Waals surface area contributed by atoms with Gasteiger partial charge in [-0.15, -0.1) is 0 Å². The minimum atomic E-state index is -0.778. The Morgan fingerprint density at radius 2 is 0.755 bits per heavy atom. The van der Waals surface area contributed by atoms with E-state index in [2.05, 4.69) is 69.4 Å². The van der Waals surface area contributed by atoms with Gasteiger partial charge in [-0.25, -0.2) is 0 Å². The number of hydrogen-bond donors (Lipinski definition) is 0. The Morgan fingerprint density at radius 3 is 1.23 bits per heavy atom. The van der Waals surface area contributed by atoms with Crippen molar-refractivity contribution >= 4 is 17.9 Å². The van der Waals surface area contributed by atoms with Crippen molar-refractivity contribution in [1.29, 1.82) is 0 Å². The molecule has 0 heterocycles. The minimum Gasteiger partial charge on any atom is -0.462 e. The van der Waals surface area contributed by atoms with Crippen molar-refractivity contribution in [3.63, 3.8) is 0 Å². The molecule has 0 saturated carbocycles. The molecule has 1 atom stereocenters.